The van der Waals surface area contributed by atoms with E-state index in [2.05, 4.69) is 20.5 Å². The molecule has 3 aromatic heterocycles. The molecule has 0 saturated carbocycles. The van der Waals surface area contributed by atoms with Gasteiger partial charge in [-0.05, 0) is 17.9 Å². The second-order valence-electron chi connectivity index (χ2n) is 4.63. The van der Waals surface area contributed by atoms with E-state index in [1.54, 1.807) is 23.9 Å². The number of amides is 1. The van der Waals surface area contributed by atoms with E-state index in [1.807, 2.05) is 33.7 Å². The summed E-state index contributed by atoms with van der Waals surface area (Å²) in [5.41, 5.74) is 1.98. The summed E-state index contributed by atoms with van der Waals surface area (Å²) in [6.45, 7) is 0.786. The summed E-state index contributed by atoms with van der Waals surface area (Å²) in [6, 6.07) is 3.85. The highest BCUT2D eigenvalue weighted by Crippen LogP contribution is 2.22. The number of hydrogen-bond donors (Lipinski definition) is 2. The quantitative estimate of drug-likeness (QED) is 0.735. The van der Waals surface area contributed by atoms with Crippen LogP contribution in [0.5, 0.6) is 0 Å². The molecule has 3 aromatic rings. The fraction of sp³-hybridized carbons (Fsp3) is 0.214. The molecule has 0 fully saturated rings. The number of nitrogens with zero attached hydrogens (tertiary/aromatic N) is 3. The average Bonchev–Trinajstić information content (AvgIpc) is 3.21. The van der Waals surface area contributed by atoms with E-state index in [0.717, 1.165) is 24.2 Å². The first kappa shape index (κ1) is 13.6. The van der Waals surface area contributed by atoms with Crippen LogP contribution in [0.15, 0.2) is 41.6 Å². The zero-order chi connectivity index (χ0) is 14.5. The van der Waals surface area contributed by atoms with Gasteiger partial charge in [0.15, 0.2) is 5.82 Å². The molecule has 0 unspecified atom stereocenters. The Balaban J connectivity index is 1.48. The van der Waals surface area contributed by atoms with Gasteiger partial charge in [-0.3, -0.25) is 9.89 Å². The van der Waals surface area contributed by atoms with Crippen molar-refractivity contribution >= 4 is 23.1 Å². The molecule has 0 spiro atoms. The molecule has 0 aliphatic carbocycles. The van der Waals surface area contributed by atoms with Crippen LogP contribution in [-0.2, 0) is 11.3 Å². The summed E-state index contributed by atoms with van der Waals surface area (Å²) in [5.74, 6) is 0.530. The van der Waals surface area contributed by atoms with Crippen molar-refractivity contribution in [3.05, 3.63) is 41.6 Å². The molecule has 6 nitrogen and oxygen atoms in total. The number of imidazole rings is 1. The Morgan fingerprint density at radius 2 is 2.43 bits per heavy atom. The average molecular weight is 301 g/mol. The number of thiophene rings is 1. The standard InChI is InChI=1S/C14H15N5OS/c20-14(2-1-5-19-6-4-15-10-19)16-13-8-12(17-18-13)11-3-7-21-9-11/h3-4,6-10H,1-2,5H2,(H2,16,17,18,20). The molecule has 1 amide bonds. The van der Waals surface area contributed by atoms with Gasteiger partial charge in [0.05, 0.1) is 12.0 Å². The maximum Gasteiger partial charge on any atom is 0.225 e. The Morgan fingerprint density at radius 3 is 3.19 bits per heavy atom. The van der Waals surface area contributed by atoms with Gasteiger partial charge in [-0.2, -0.15) is 16.4 Å². The van der Waals surface area contributed by atoms with E-state index in [0.29, 0.717) is 12.2 Å². The lowest BCUT2D eigenvalue weighted by Gasteiger charge is -2.02. The van der Waals surface area contributed by atoms with Crippen molar-refractivity contribution in [3.8, 4) is 11.3 Å². The molecule has 7 heteroatoms. The molecule has 0 aliphatic heterocycles. The normalized spacial score (nSPS) is 10.7. The fourth-order valence-electron chi connectivity index (χ4n) is 2.00. The van der Waals surface area contributed by atoms with Crippen LogP contribution in [0, 0.1) is 0 Å². The van der Waals surface area contributed by atoms with Gasteiger partial charge in [-0.1, -0.05) is 0 Å². The Bertz CT molecular complexity index is 687. The van der Waals surface area contributed by atoms with Gasteiger partial charge in [0.1, 0.15) is 0 Å². The molecule has 21 heavy (non-hydrogen) atoms. The van der Waals surface area contributed by atoms with Gasteiger partial charge in [0, 0.05) is 42.4 Å². The third-order valence-electron chi connectivity index (χ3n) is 3.06. The molecule has 108 valence electrons. The van der Waals surface area contributed by atoms with Crippen LogP contribution in [-0.4, -0.2) is 25.7 Å². The van der Waals surface area contributed by atoms with Crippen LogP contribution in [0.4, 0.5) is 5.82 Å². The van der Waals surface area contributed by atoms with E-state index < -0.39 is 0 Å². The zero-order valence-corrected chi connectivity index (χ0v) is 12.1. The number of aryl methyl sites for hydroxylation is 1. The lowest BCUT2D eigenvalue weighted by Crippen LogP contribution is -2.12. The summed E-state index contributed by atoms with van der Waals surface area (Å²) in [7, 11) is 0. The number of anilines is 1. The van der Waals surface area contributed by atoms with Crippen LogP contribution in [0.25, 0.3) is 11.3 Å². The van der Waals surface area contributed by atoms with Crippen LogP contribution in [0.1, 0.15) is 12.8 Å². The van der Waals surface area contributed by atoms with Crippen molar-refractivity contribution in [2.75, 3.05) is 5.32 Å². The molecule has 0 bridgehead atoms. The van der Waals surface area contributed by atoms with Crippen molar-refractivity contribution < 1.29 is 4.79 Å². The first-order chi connectivity index (χ1) is 10.3. The number of hydrogen-bond acceptors (Lipinski definition) is 4. The van der Waals surface area contributed by atoms with E-state index in [1.165, 1.54) is 0 Å². The van der Waals surface area contributed by atoms with Crippen molar-refractivity contribution in [2.45, 2.75) is 19.4 Å². The molecule has 3 heterocycles. The van der Waals surface area contributed by atoms with E-state index in [-0.39, 0.29) is 5.91 Å². The van der Waals surface area contributed by atoms with Gasteiger partial charge >= 0.3 is 0 Å². The van der Waals surface area contributed by atoms with Crippen LogP contribution in [0.2, 0.25) is 0 Å². The summed E-state index contributed by atoms with van der Waals surface area (Å²) in [6.07, 6.45) is 6.59. The summed E-state index contributed by atoms with van der Waals surface area (Å²) in [5, 5.41) is 13.9. The SMILES string of the molecule is O=C(CCCn1ccnc1)Nc1cc(-c2ccsc2)[nH]n1. The molecule has 0 aromatic carbocycles. The Kier molecular flexibility index (Phi) is 4.11. The minimum absolute atomic E-state index is 0.0292. The molecule has 2 N–H and O–H groups in total. The zero-order valence-electron chi connectivity index (χ0n) is 11.3. The number of rotatable bonds is 6. The lowest BCUT2D eigenvalue weighted by atomic mass is 10.2. The van der Waals surface area contributed by atoms with E-state index >= 15 is 0 Å². The van der Waals surface area contributed by atoms with E-state index in [4.69, 9.17) is 0 Å². The highest BCUT2D eigenvalue weighted by atomic mass is 32.1. The van der Waals surface area contributed by atoms with E-state index in [9.17, 15) is 4.79 Å². The predicted molar refractivity (Wildman–Crippen MR) is 82.0 cm³/mol. The number of carbonyl (C=O) groups is 1. The molecule has 0 radical (unpaired) electrons. The Morgan fingerprint density at radius 1 is 1.48 bits per heavy atom. The number of aromatic amines is 1. The first-order valence-corrected chi connectivity index (χ1v) is 7.59. The molecule has 0 aliphatic rings. The number of aromatic nitrogens is 4. The van der Waals surface area contributed by atoms with Crippen molar-refractivity contribution in [1.29, 1.82) is 0 Å². The number of H-pyrrole nitrogens is 1. The second kappa shape index (κ2) is 6.36. The third-order valence-corrected chi connectivity index (χ3v) is 3.74. The first-order valence-electron chi connectivity index (χ1n) is 6.65. The monoisotopic (exact) mass is 301 g/mol. The van der Waals surface area contributed by atoms with Gasteiger partial charge in [-0.25, -0.2) is 4.98 Å². The van der Waals surface area contributed by atoms with Crippen molar-refractivity contribution in [2.24, 2.45) is 0 Å². The lowest BCUT2D eigenvalue weighted by molar-refractivity contribution is -0.116. The topological polar surface area (TPSA) is 75.6 Å². The van der Waals surface area contributed by atoms with Gasteiger partial charge < -0.3 is 9.88 Å². The van der Waals surface area contributed by atoms with Crippen LogP contribution < -0.4 is 5.32 Å². The van der Waals surface area contributed by atoms with Crippen molar-refractivity contribution in [3.63, 3.8) is 0 Å². The highest BCUT2D eigenvalue weighted by Gasteiger charge is 2.07. The van der Waals surface area contributed by atoms with Crippen LogP contribution >= 0.6 is 11.3 Å². The van der Waals surface area contributed by atoms with Crippen LogP contribution in [0.3, 0.4) is 0 Å². The minimum Gasteiger partial charge on any atom is -0.337 e. The maximum absolute atomic E-state index is 11.8. The molecule has 0 saturated heterocycles. The summed E-state index contributed by atoms with van der Waals surface area (Å²) >= 11 is 1.62. The van der Waals surface area contributed by atoms with Gasteiger partial charge in [0.25, 0.3) is 0 Å². The van der Waals surface area contributed by atoms with Gasteiger partial charge in [0.2, 0.25) is 5.91 Å². The maximum atomic E-state index is 11.8. The Hall–Kier alpha value is -2.41. The largest absolute Gasteiger partial charge is 0.337 e. The Labute approximate surface area is 125 Å². The fourth-order valence-corrected chi connectivity index (χ4v) is 2.65. The smallest absolute Gasteiger partial charge is 0.225 e. The molecule has 3 rings (SSSR count). The third kappa shape index (κ3) is 3.57. The second-order valence-corrected chi connectivity index (χ2v) is 5.41. The molecular formula is C14H15N5OS. The minimum atomic E-state index is -0.0292. The van der Waals surface area contributed by atoms with Crippen molar-refractivity contribution in [1.82, 2.24) is 19.7 Å². The van der Waals surface area contributed by atoms with Gasteiger partial charge in [-0.15, -0.1) is 0 Å². The number of carbonyl (C=O) groups excluding carboxylic acids is 1. The summed E-state index contributed by atoms with van der Waals surface area (Å²) < 4.78 is 1.95. The predicted octanol–water partition coefficient (Wildman–Crippen LogP) is 2.75. The highest BCUT2D eigenvalue weighted by molar-refractivity contribution is 7.08. The summed E-state index contributed by atoms with van der Waals surface area (Å²) in [4.78, 5) is 15.8. The number of nitrogens with one attached hydrogen (secondary N) is 2. The molecule has 0 atom stereocenters. The molecular weight excluding hydrogens is 286 g/mol.